The molecule has 0 aromatic carbocycles. The first-order valence-corrected chi connectivity index (χ1v) is 10.6. The molecule has 0 aliphatic carbocycles. The molecule has 0 bridgehead atoms. The third-order valence-corrected chi connectivity index (χ3v) is 6.48. The van der Waals surface area contributed by atoms with Gasteiger partial charge in [-0.3, -0.25) is 0 Å². The highest BCUT2D eigenvalue weighted by Crippen LogP contribution is 2.30. The van der Waals surface area contributed by atoms with Crippen LogP contribution in [0.5, 0.6) is 0 Å². The van der Waals surface area contributed by atoms with E-state index in [0.717, 1.165) is 17.5 Å². The van der Waals surface area contributed by atoms with Gasteiger partial charge < -0.3 is 5.32 Å². The van der Waals surface area contributed by atoms with Gasteiger partial charge in [0.1, 0.15) is 11.8 Å². The second-order valence-corrected chi connectivity index (χ2v) is 9.00. The lowest BCUT2D eigenvalue weighted by Crippen LogP contribution is -2.42. The van der Waals surface area contributed by atoms with Crippen LogP contribution in [0.25, 0.3) is 10.6 Å². The number of anilines is 1. The molecule has 2 aromatic heterocycles. The molecule has 1 fully saturated rings. The van der Waals surface area contributed by atoms with Crippen LogP contribution in [0, 0.1) is 24.1 Å². The Kier molecular flexibility index (Phi) is 5.17. The van der Waals surface area contributed by atoms with Gasteiger partial charge in [0.05, 0.1) is 23.0 Å². The number of piperidine rings is 1. The molecule has 8 nitrogen and oxygen atoms in total. The van der Waals surface area contributed by atoms with Gasteiger partial charge in [-0.1, -0.05) is 0 Å². The van der Waals surface area contributed by atoms with E-state index in [1.807, 2.05) is 6.07 Å². The summed E-state index contributed by atoms with van der Waals surface area (Å²) in [4.78, 5) is 12.8. The van der Waals surface area contributed by atoms with Gasteiger partial charge in [0.25, 0.3) is 0 Å². The summed E-state index contributed by atoms with van der Waals surface area (Å²) < 4.78 is 38.7. The Labute approximate surface area is 154 Å². The van der Waals surface area contributed by atoms with Crippen molar-refractivity contribution in [1.29, 1.82) is 5.26 Å². The average Bonchev–Trinajstić information content (AvgIpc) is 2.97. The van der Waals surface area contributed by atoms with Gasteiger partial charge in [-0.05, 0) is 19.8 Å². The summed E-state index contributed by atoms with van der Waals surface area (Å²) in [5, 5.41) is 12.3. The van der Waals surface area contributed by atoms with Crippen molar-refractivity contribution in [1.82, 2.24) is 19.3 Å². The van der Waals surface area contributed by atoms with Crippen LogP contribution < -0.4 is 5.32 Å². The molecule has 3 rings (SSSR count). The molecule has 26 heavy (non-hydrogen) atoms. The summed E-state index contributed by atoms with van der Waals surface area (Å²) >= 11 is 1.08. The molecular weight excluding hydrogens is 379 g/mol. The third kappa shape index (κ3) is 3.98. The monoisotopic (exact) mass is 396 g/mol. The first-order valence-electron chi connectivity index (χ1n) is 7.90. The fraction of sp³-hybridized carbons (Fsp3) is 0.467. The SMILES string of the molecule is Cc1nc(C#N)sc1-c1nc(NC2CCN(S(C)(=O)=O)CC2)ncc1F. The fourth-order valence-electron chi connectivity index (χ4n) is 2.77. The average molecular weight is 396 g/mol. The van der Waals surface area contributed by atoms with Crippen LogP contribution >= 0.6 is 11.3 Å². The van der Waals surface area contributed by atoms with Crippen molar-refractivity contribution < 1.29 is 12.8 Å². The maximum Gasteiger partial charge on any atom is 0.223 e. The Morgan fingerprint density at radius 1 is 1.38 bits per heavy atom. The van der Waals surface area contributed by atoms with Crippen molar-refractivity contribution in [2.75, 3.05) is 24.7 Å². The van der Waals surface area contributed by atoms with E-state index in [9.17, 15) is 12.8 Å². The quantitative estimate of drug-likeness (QED) is 0.838. The lowest BCUT2D eigenvalue weighted by molar-refractivity contribution is 0.331. The Bertz CT molecular complexity index is 961. The van der Waals surface area contributed by atoms with Crippen LogP contribution in [0.3, 0.4) is 0 Å². The Hall–Kier alpha value is -2.16. The van der Waals surface area contributed by atoms with Crippen LogP contribution in [0.1, 0.15) is 23.5 Å². The van der Waals surface area contributed by atoms with E-state index in [1.54, 1.807) is 6.92 Å². The minimum Gasteiger partial charge on any atom is -0.351 e. The molecule has 138 valence electrons. The number of hydrogen-bond acceptors (Lipinski definition) is 8. The molecule has 0 saturated carbocycles. The number of aryl methyl sites for hydroxylation is 1. The second-order valence-electron chi connectivity index (χ2n) is 6.02. The van der Waals surface area contributed by atoms with Crippen molar-refractivity contribution in [3.05, 3.63) is 22.7 Å². The maximum atomic E-state index is 14.2. The number of nitriles is 1. The molecule has 0 atom stereocenters. The topological polar surface area (TPSA) is 112 Å². The smallest absolute Gasteiger partial charge is 0.223 e. The van der Waals surface area contributed by atoms with Gasteiger partial charge in [-0.25, -0.2) is 32.1 Å². The lowest BCUT2D eigenvalue weighted by Gasteiger charge is -2.30. The second kappa shape index (κ2) is 7.22. The number of nitrogens with zero attached hydrogens (tertiary/aromatic N) is 5. The predicted octanol–water partition coefficient (Wildman–Crippen LogP) is 1.76. The summed E-state index contributed by atoms with van der Waals surface area (Å²) in [7, 11) is -3.18. The van der Waals surface area contributed by atoms with Crippen molar-refractivity contribution in [3.8, 4) is 16.6 Å². The van der Waals surface area contributed by atoms with Gasteiger partial charge in [0.2, 0.25) is 16.0 Å². The molecule has 2 aromatic rings. The third-order valence-electron chi connectivity index (χ3n) is 4.11. The summed E-state index contributed by atoms with van der Waals surface area (Å²) in [6.45, 7) is 2.54. The van der Waals surface area contributed by atoms with Crippen LogP contribution in [0.4, 0.5) is 10.3 Å². The Morgan fingerprint density at radius 2 is 2.08 bits per heavy atom. The number of halogens is 1. The van der Waals surface area contributed by atoms with E-state index in [4.69, 9.17) is 5.26 Å². The standard InChI is InChI=1S/C15H17FN6O2S2/c1-9-14(25-12(7-17)19-9)13-11(16)8-18-15(21-13)20-10-3-5-22(6-4-10)26(2,23)24/h8,10H,3-6H2,1-2H3,(H,18,20,21). The molecule has 1 saturated heterocycles. The van der Waals surface area contributed by atoms with Crippen molar-refractivity contribution in [2.24, 2.45) is 0 Å². The molecular formula is C15H17FN6O2S2. The zero-order valence-corrected chi connectivity index (χ0v) is 15.9. The zero-order valence-electron chi connectivity index (χ0n) is 14.2. The van der Waals surface area contributed by atoms with Crippen LogP contribution in [-0.4, -0.2) is 53.1 Å². The summed E-state index contributed by atoms with van der Waals surface area (Å²) in [5.74, 6) is -0.316. The van der Waals surface area contributed by atoms with Crippen molar-refractivity contribution in [2.45, 2.75) is 25.8 Å². The number of hydrogen-bond donors (Lipinski definition) is 1. The highest BCUT2D eigenvalue weighted by molar-refractivity contribution is 7.88. The molecule has 1 aliphatic rings. The molecule has 11 heteroatoms. The minimum absolute atomic E-state index is 0.00328. The number of nitrogens with one attached hydrogen (secondary N) is 1. The van der Waals surface area contributed by atoms with Crippen LogP contribution in [0.15, 0.2) is 6.20 Å². The van der Waals surface area contributed by atoms with E-state index < -0.39 is 15.8 Å². The zero-order chi connectivity index (χ0) is 18.9. The molecule has 0 radical (unpaired) electrons. The van der Waals surface area contributed by atoms with E-state index in [2.05, 4.69) is 20.3 Å². The van der Waals surface area contributed by atoms with Crippen molar-refractivity contribution in [3.63, 3.8) is 0 Å². The predicted molar refractivity (Wildman–Crippen MR) is 95.6 cm³/mol. The van der Waals surface area contributed by atoms with Crippen molar-refractivity contribution >= 4 is 27.3 Å². The lowest BCUT2D eigenvalue weighted by atomic mass is 10.1. The van der Waals surface area contributed by atoms with E-state index in [1.165, 1.54) is 10.6 Å². The van der Waals surface area contributed by atoms with Crippen LogP contribution in [0.2, 0.25) is 0 Å². The van der Waals surface area contributed by atoms with Gasteiger partial charge in [0, 0.05) is 19.1 Å². The highest BCUT2D eigenvalue weighted by Gasteiger charge is 2.25. The molecule has 0 amide bonds. The van der Waals surface area contributed by atoms with E-state index >= 15 is 0 Å². The van der Waals surface area contributed by atoms with Crippen LogP contribution in [-0.2, 0) is 10.0 Å². The first kappa shape index (κ1) is 18.6. The van der Waals surface area contributed by atoms with E-state index in [0.29, 0.717) is 36.5 Å². The summed E-state index contributed by atoms with van der Waals surface area (Å²) in [6.07, 6.45) is 3.51. The van der Waals surface area contributed by atoms with Gasteiger partial charge in [0.15, 0.2) is 10.8 Å². The van der Waals surface area contributed by atoms with Gasteiger partial charge in [-0.15, -0.1) is 11.3 Å². The number of rotatable bonds is 4. The molecule has 3 heterocycles. The van der Waals surface area contributed by atoms with Gasteiger partial charge in [-0.2, -0.15) is 5.26 Å². The number of sulfonamides is 1. The Morgan fingerprint density at radius 3 is 2.65 bits per heavy atom. The number of thiazole rings is 1. The molecule has 0 spiro atoms. The fourth-order valence-corrected chi connectivity index (χ4v) is 4.50. The molecule has 1 N–H and O–H groups in total. The van der Waals surface area contributed by atoms with Gasteiger partial charge >= 0.3 is 0 Å². The minimum atomic E-state index is -3.18. The maximum absolute atomic E-state index is 14.2. The molecule has 1 aliphatic heterocycles. The highest BCUT2D eigenvalue weighted by atomic mass is 32.2. The first-order chi connectivity index (χ1) is 12.3. The Balaban J connectivity index is 1.77. The molecule has 0 unspecified atom stereocenters. The summed E-state index contributed by atoms with van der Waals surface area (Å²) in [5.41, 5.74) is 0.643. The normalized spacial score (nSPS) is 16.4. The van der Waals surface area contributed by atoms with E-state index in [-0.39, 0.29) is 22.7 Å². The largest absolute Gasteiger partial charge is 0.351 e. The summed E-state index contributed by atoms with van der Waals surface area (Å²) in [6, 6.07) is 1.95. The number of aromatic nitrogens is 3.